The van der Waals surface area contributed by atoms with Crippen molar-refractivity contribution in [2.45, 2.75) is 56.5 Å². The van der Waals surface area contributed by atoms with Crippen molar-refractivity contribution >= 4 is 11.6 Å². The lowest BCUT2D eigenvalue weighted by atomic mass is 9.77. The number of ether oxygens (including phenoxy) is 1. The summed E-state index contributed by atoms with van der Waals surface area (Å²) in [6.07, 6.45) is 2.31. The fourth-order valence-electron chi connectivity index (χ4n) is 11.4. The minimum atomic E-state index is -0.135. The summed E-state index contributed by atoms with van der Waals surface area (Å²) in [4.78, 5) is 0. The highest BCUT2D eigenvalue weighted by atomic mass is 16.5. The number of rotatable bonds is 5. The van der Waals surface area contributed by atoms with Crippen LogP contribution in [0.3, 0.4) is 0 Å². The van der Waals surface area contributed by atoms with Gasteiger partial charge in [0, 0.05) is 33.8 Å². The molecule has 8 aromatic rings. The number of hydrogen-bond donors (Lipinski definition) is 0. The zero-order valence-electron chi connectivity index (χ0n) is 34.5. The van der Waals surface area contributed by atoms with E-state index in [0.29, 0.717) is 0 Å². The molecule has 60 heavy (non-hydrogen) atoms. The third kappa shape index (κ3) is 5.05. The Balaban J connectivity index is 1.00. The van der Waals surface area contributed by atoms with E-state index in [0.717, 1.165) is 5.75 Å². The summed E-state index contributed by atoms with van der Waals surface area (Å²) >= 11 is 0. The molecule has 1 aliphatic heterocycles. The molecule has 1 nitrogen and oxygen atoms in total. The molecule has 0 radical (unpaired) electrons. The Morgan fingerprint density at radius 2 is 1.02 bits per heavy atom. The molecule has 3 unspecified atom stereocenters. The van der Waals surface area contributed by atoms with Gasteiger partial charge in [-0.3, -0.25) is 0 Å². The van der Waals surface area contributed by atoms with Crippen LogP contribution >= 0.6 is 0 Å². The monoisotopic (exact) mass is 770 g/mol. The van der Waals surface area contributed by atoms with Crippen LogP contribution in [-0.4, -0.2) is 6.10 Å². The molecule has 3 aliphatic carbocycles. The van der Waals surface area contributed by atoms with Gasteiger partial charge in [0.05, 0.1) is 0 Å². The van der Waals surface area contributed by atoms with E-state index in [1.165, 1.54) is 99.5 Å². The topological polar surface area (TPSA) is 9.23 Å². The molecule has 3 atom stereocenters. The molecule has 0 saturated heterocycles. The van der Waals surface area contributed by atoms with Crippen molar-refractivity contribution in [3.63, 3.8) is 0 Å². The first-order valence-electron chi connectivity index (χ1n) is 21.5. The summed E-state index contributed by atoms with van der Waals surface area (Å²) in [7, 11) is 0. The van der Waals surface area contributed by atoms with Gasteiger partial charge in [-0.1, -0.05) is 204 Å². The molecule has 1 heteroatoms. The van der Waals surface area contributed by atoms with Crippen molar-refractivity contribution < 1.29 is 4.74 Å². The highest BCUT2D eigenvalue weighted by Crippen LogP contribution is 2.53. The fraction of sp³-hybridized carbons (Fsp3) is 0.153. The lowest BCUT2D eigenvalue weighted by molar-refractivity contribution is 0.281. The predicted octanol–water partition coefficient (Wildman–Crippen LogP) is 12.7. The van der Waals surface area contributed by atoms with E-state index in [4.69, 9.17) is 4.74 Å². The number of hydrogen-bond acceptors (Lipinski definition) is 1. The van der Waals surface area contributed by atoms with Crippen molar-refractivity contribution in [2.24, 2.45) is 0 Å². The zero-order valence-corrected chi connectivity index (χ0v) is 34.5. The molecule has 0 amide bonds. The molecule has 0 aromatic heterocycles. The van der Waals surface area contributed by atoms with Crippen LogP contribution in [0, 0.1) is 0 Å². The van der Waals surface area contributed by atoms with Crippen molar-refractivity contribution in [2.75, 3.05) is 0 Å². The largest absolute Gasteiger partial charge is 0.484 e. The van der Waals surface area contributed by atoms with Crippen LogP contribution in [0.25, 0.3) is 45.0 Å². The molecular weight excluding hydrogens is 725 g/mol. The molecule has 0 saturated carbocycles. The minimum absolute atomic E-state index is 0.0204. The second-order valence-electron chi connectivity index (χ2n) is 18.3. The van der Waals surface area contributed by atoms with Gasteiger partial charge in [-0.2, -0.15) is 0 Å². The highest BCUT2D eigenvalue weighted by molar-refractivity contribution is 5.85. The fourth-order valence-corrected chi connectivity index (χ4v) is 11.4. The quantitative estimate of drug-likeness (QED) is 0.158. The Morgan fingerprint density at radius 3 is 1.77 bits per heavy atom. The van der Waals surface area contributed by atoms with Gasteiger partial charge in [0.2, 0.25) is 0 Å². The highest BCUT2D eigenvalue weighted by Gasteiger charge is 2.41. The Labute approximate surface area is 353 Å². The van der Waals surface area contributed by atoms with Crippen LogP contribution in [0.15, 0.2) is 182 Å². The normalized spacial score (nSPS) is 18.4. The second-order valence-corrected chi connectivity index (χ2v) is 18.3. The maximum atomic E-state index is 7.33. The molecule has 12 rings (SSSR count). The first-order chi connectivity index (χ1) is 29.3. The van der Waals surface area contributed by atoms with Crippen LogP contribution in [-0.2, 0) is 10.8 Å². The van der Waals surface area contributed by atoms with Gasteiger partial charge in [-0.05, 0) is 100 Å². The average molecular weight is 771 g/mol. The summed E-state index contributed by atoms with van der Waals surface area (Å²) < 4.78 is 7.33. The van der Waals surface area contributed by atoms with E-state index in [-0.39, 0.29) is 28.8 Å². The summed E-state index contributed by atoms with van der Waals surface area (Å²) in [5, 5.41) is 2.53. The van der Waals surface area contributed by atoms with Gasteiger partial charge in [0.15, 0.2) is 0 Å². The van der Waals surface area contributed by atoms with Crippen LogP contribution in [0.4, 0.5) is 0 Å². The third-order valence-electron chi connectivity index (χ3n) is 14.4. The van der Waals surface area contributed by atoms with Crippen LogP contribution in [0.2, 0.25) is 0 Å². The third-order valence-corrected chi connectivity index (χ3v) is 14.4. The van der Waals surface area contributed by atoms with E-state index < -0.39 is 0 Å². The Morgan fingerprint density at radius 1 is 0.450 bits per heavy atom. The lowest BCUT2D eigenvalue weighted by Crippen LogP contribution is -2.39. The Bertz CT molecular complexity index is 3200. The number of fused-ring (bicyclic) bond motifs is 10. The first kappa shape index (κ1) is 35.3. The van der Waals surface area contributed by atoms with Crippen LogP contribution in [0.1, 0.15) is 89.6 Å². The SMILES string of the molecule is CC1(C)c2ccccc2-c2ccc(C3=c4ccccc4=CC4c5ccc(C(c6ccc7c(c6)C(C)(C)c6ccccc6-7)c6ccccc6-c6ccccc6)cc5OC34)cc21. The molecular formula is C59H46O. The molecule has 0 N–H and O–H groups in total. The molecule has 4 aliphatic rings. The molecule has 288 valence electrons. The standard InChI is InChI=1S/C59H46O/c1-58(2)50-24-14-12-21-43(50)45-29-26-38(33-52(45)58)55(48-23-11-10-19-41(48)36-16-6-5-7-17-36)40-28-31-47-49-32-37-18-8-9-20-42(37)56(57(49)60-54(47)35-40)39-27-30-46-44-22-13-15-25-51(44)59(3,4)53(46)34-39/h5-35,49,55,57H,1-4H3. The Kier molecular flexibility index (Phi) is 7.58. The number of benzene rings is 8. The van der Waals surface area contributed by atoms with E-state index in [2.05, 4.69) is 216 Å². The lowest BCUT2D eigenvalue weighted by Gasteiger charge is -2.26. The van der Waals surface area contributed by atoms with Gasteiger partial charge in [0.25, 0.3) is 0 Å². The van der Waals surface area contributed by atoms with Crippen molar-refractivity contribution in [1.29, 1.82) is 0 Å². The van der Waals surface area contributed by atoms with Gasteiger partial charge in [0.1, 0.15) is 11.9 Å². The summed E-state index contributed by atoms with van der Waals surface area (Å²) in [5.41, 5.74) is 20.8. The van der Waals surface area contributed by atoms with Crippen LogP contribution < -0.4 is 15.2 Å². The first-order valence-corrected chi connectivity index (χ1v) is 21.5. The minimum Gasteiger partial charge on any atom is -0.484 e. The second kappa shape index (κ2) is 12.9. The van der Waals surface area contributed by atoms with Gasteiger partial charge in [-0.25, -0.2) is 0 Å². The average Bonchev–Trinajstić information content (AvgIpc) is 3.84. The predicted molar refractivity (Wildman–Crippen MR) is 247 cm³/mol. The summed E-state index contributed by atoms with van der Waals surface area (Å²) in [5.74, 6) is 1.06. The van der Waals surface area contributed by atoms with E-state index in [9.17, 15) is 0 Å². The molecule has 1 heterocycles. The summed E-state index contributed by atoms with van der Waals surface area (Å²) in [6.45, 7) is 9.49. The molecule has 0 fully saturated rings. The van der Waals surface area contributed by atoms with Gasteiger partial charge < -0.3 is 4.74 Å². The summed E-state index contributed by atoms with van der Waals surface area (Å²) in [6, 6.07) is 68.1. The van der Waals surface area contributed by atoms with Crippen LogP contribution in [0.5, 0.6) is 5.75 Å². The maximum Gasteiger partial charge on any atom is 0.135 e. The van der Waals surface area contributed by atoms with Crippen molar-refractivity contribution in [1.82, 2.24) is 0 Å². The van der Waals surface area contributed by atoms with Crippen molar-refractivity contribution in [3.05, 3.63) is 242 Å². The maximum absolute atomic E-state index is 7.33. The van der Waals surface area contributed by atoms with Gasteiger partial charge in [-0.15, -0.1) is 0 Å². The van der Waals surface area contributed by atoms with E-state index in [1.54, 1.807) is 0 Å². The van der Waals surface area contributed by atoms with Crippen molar-refractivity contribution in [3.8, 4) is 39.1 Å². The Hall–Kier alpha value is -6.70. The molecule has 0 spiro atoms. The zero-order chi connectivity index (χ0) is 40.3. The molecule has 0 bridgehead atoms. The van der Waals surface area contributed by atoms with Gasteiger partial charge >= 0.3 is 0 Å². The van der Waals surface area contributed by atoms with E-state index >= 15 is 0 Å². The van der Waals surface area contributed by atoms with E-state index in [1.807, 2.05) is 0 Å². The molecule has 8 aromatic carbocycles. The smallest absolute Gasteiger partial charge is 0.135 e.